The van der Waals surface area contributed by atoms with Crippen molar-refractivity contribution in [2.24, 2.45) is 0 Å². The van der Waals surface area contributed by atoms with Crippen molar-refractivity contribution in [3.8, 4) is 0 Å². The first-order chi connectivity index (χ1) is 12.2. The topological polar surface area (TPSA) is 3.24 Å². The van der Waals surface area contributed by atoms with Crippen LogP contribution in [0.5, 0.6) is 0 Å². The van der Waals surface area contributed by atoms with Crippen LogP contribution in [-0.2, 0) is 0 Å². The molecule has 0 spiro atoms. The van der Waals surface area contributed by atoms with Gasteiger partial charge in [0.2, 0.25) is 0 Å². The maximum absolute atomic E-state index is 6.29. The van der Waals surface area contributed by atoms with E-state index in [1.54, 1.807) is 0 Å². The zero-order chi connectivity index (χ0) is 17.2. The van der Waals surface area contributed by atoms with E-state index in [2.05, 4.69) is 54.4 Å². The molecule has 2 aliphatic rings. The highest BCUT2D eigenvalue weighted by molar-refractivity contribution is 7.99. The van der Waals surface area contributed by atoms with Crippen LogP contribution in [0.4, 0.5) is 0 Å². The van der Waals surface area contributed by atoms with Gasteiger partial charge in [0, 0.05) is 27.4 Å². The predicted molar refractivity (Wildman–Crippen MR) is 116 cm³/mol. The molecule has 0 amide bonds. The predicted octanol–water partition coefficient (Wildman–Crippen LogP) is 6.92. The first-order valence-electron chi connectivity index (χ1n) is 9.20. The highest BCUT2D eigenvalue weighted by Crippen LogP contribution is 2.46. The molecular formula is C22H25Cl2NS. The Balaban J connectivity index is 0.00000196. The van der Waals surface area contributed by atoms with E-state index in [1.807, 2.05) is 17.8 Å². The molecule has 1 saturated carbocycles. The zero-order valence-electron chi connectivity index (χ0n) is 15.1. The van der Waals surface area contributed by atoms with Crippen LogP contribution < -0.4 is 0 Å². The maximum atomic E-state index is 6.29. The number of hydrogen-bond donors (Lipinski definition) is 0. The van der Waals surface area contributed by atoms with Gasteiger partial charge in [0.25, 0.3) is 0 Å². The minimum absolute atomic E-state index is 0. The van der Waals surface area contributed by atoms with Crippen LogP contribution in [0.15, 0.2) is 58.3 Å². The van der Waals surface area contributed by atoms with E-state index in [1.165, 1.54) is 52.2 Å². The molecule has 0 unspecified atom stereocenters. The van der Waals surface area contributed by atoms with Crippen LogP contribution in [-0.4, -0.2) is 24.5 Å². The average molecular weight is 406 g/mol. The highest BCUT2D eigenvalue weighted by atomic mass is 35.5. The monoisotopic (exact) mass is 405 g/mol. The second-order valence-electron chi connectivity index (χ2n) is 7.06. The molecule has 0 saturated heterocycles. The minimum Gasteiger partial charge on any atom is -0.303 e. The van der Waals surface area contributed by atoms with Gasteiger partial charge in [-0.05, 0) is 67.3 Å². The normalized spacial score (nSPS) is 17.9. The van der Waals surface area contributed by atoms with Gasteiger partial charge in [0.1, 0.15) is 0 Å². The van der Waals surface area contributed by atoms with Gasteiger partial charge >= 0.3 is 0 Å². The first kappa shape index (κ1) is 19.8. The molecular weight excluding hydrogens is 381 g/mol. The Morgan fingerprint density at radius 2 is 1.81 bits per heavy atom. The van der Waals surface area contributed by atoms with Crippen LogP contribution in [0, 0.1) is 0 Å². The summed E-state index contributed by atoms with van der Waals surface area (Å²) >= 11 is 8.14. The molecule has 0 bridgehead atoms. The molecule has 2 aromatic carbocycles. The van der Waals surface area contributed by atoms with Crippen LogP contribution in [0.2, 0.25) is 5.02 Å². The Morgan fingerprint density at radius 3 is 2.62 bits per heavy atom. The summed E-state index contributed by atoms with van der Waals surface area (Å²) in [6, 6.07) is 15.8. The third kappa shape index (κ3) is 4.14. The summed E-state index contributed by atoms with van der Waals surface area (Å²) in [5.41, 5.74) is 3.96. The number of nitrogens with zero attached hydrogens (tertiary/aromatic N) is 1. The summed E-state index contributed by atoms with van der Waals surface area (Å²) in [6.07, 6.45) is 9.02. The highest BCUT2D eigenvalue weighted by Gasteiger charge is 2.21. The molecule has 0 N–H and O–H groups in total. The molecule has 0 radical (unpaired) electrons. The van der Waals surface area contributed by atoms with Crippen molar-refractivity contribution in [1.82, 2.24) is 4.90 Å². The molecule has 1 heterocycles. The van der Waals surface area contributed by atoms with E-state index in [-0.39, 0.29) is 12.4 Å². The molecule has 4 rings (SSSR count). The molecule has 1 aliphatic heterocycles. The Kier molecular flexibility index (Phi) is 6.74. The van der Waals surface area contributed by atoms with Gasteiger partial charge in [-0.3, -0.25) is 0 Å². The van der Waals surface area contributed by atoms with E-state index in [0.29, 0.717) is 0 Å². The van der Waals surface area contributed by atoms with Crippen LogP contribution in [0.3, 0.4) is 0 Å². The van der Waals surface area contributed by atoms with Crippen molar-refractivity contribution in [3.63, 3.8) is 0 Å². The molecule has 0 aromatic heterocycles. The fourth-order valence-corrected chi connectivity index (χ4v) is 5.26. The number of benzene rings is 2. The standard InChI is InChI=1S/C22H24ClNS.ClH/c1-24(17-7-2-3-8-17)14-6-10-18-19-9-4-5-11-21(19)25-22-13-12-16(23)15-20(18)22;/h4-5,9-13,15,17H,2-3,6-8,14H2,1H3;1H/b18-10-;. The summed E-state index contributed by atoms with van der Waals surface area (Å²) in [5, 5.41) is 0.813. The molecule has 0 atom stereocenters. The van der Waals surface area contributed by atoms with Crippen molar-refractivity contribution in [1.29, 1.82) is 0 Å². The summed E-state index contributed by atoms with van der Waals surface area (Å²) in [6.45, 7) is 1.12. The van der Waals surface area contributed by atoms with Gasteiger partial charge in [0.05, 0.1) is 0 Å². The Morgan fingerprint density at radius 1 is 1.08 bits per heavy atom. The number of rotatable bonds is 4. The molecule has 1 fully saturated rings. The summed E-state index contributed by atoms with van der Waals surface area (Å²) < 4.78 is 0. The van der Waals surface area contributed by atoms with Crippen LogP contribution in [0.25, 0.3) is 5.57 Å². The second-order valence-corrected chi connectivity index (χ2v) is 8.58. The fraction of sp³-hybridized carbons (Fsp3) is 0.364. The van der Waals surface area contributed by atoms with Crippen molar-refractivity contribution in [2.75, 3.05) is 13.6 Å². The van der Waals surface area contributed by atoms with Gasteiger partial charge in [-0.2, -0.15) is 0 Å². The molecule has 26 heavy (non-hydrogen) atoms. The molecule has 1 aliphatic carbocycles. The maximum Gasteiger partial charge on any atom is 0.0412 e. The van der Waals surface area contributed by atoms with E-state index >= 15 is 0 Å². The molecule has 1 nitrogen and oxygen atoms in total. The lowest BCUT2D eigenvalue weighted by Gasteiger charge is -2.25. The SMILES string of the molecule is CN(CC/C=C1/c2ccccc2Sc2ccc(Cl)cc21)C1CCCC1.Cl. The summed E-state index contributed by atoms with van der Waals surface area (Å²) in [4.78, 5) is 5.19. The number of hydrogen-bond acceptors (Lipinski definition) is 2. The van der Waals surface area contributed by atoms with Crippen LogP contribution in [0.1, 0.15) is 43.2 Å². The Bertz CT molecular complexity index is 796. The largest absolute Gasteiger partial charge is 0.303 e. The summed E-state index contributed by atoms with van der Waals surface area (Å²) in [5.74, 6) is 0. The van der Waals surface area contributed by atoms with Crippen molar-refractivity contribution in [2.45, 2.75) is 47.9 Å². The molecule has 2 aromatic rings. The lowest BCUT2D eigenvalue weighted by atomic mass is 9.96. The lowest BCUT2D eigenvalue weighted by molar-refractivity contribution is 0.250. The van der Waals surface area contributed by atoms with Gasteiger partial charge in [0.15, 0.2) is 0 Å². The van der Waals surface area contributed by atoms with E-state index in [9.17, 15) is 0 Å². The van der Waals surface area contributed by atoms with Crippen molar-refractivity contribution >= 4 is 41.3 Å². The first-order valence-corrected chi connectivity index (χ1v) is 10.4. The zero-order valence-corrected chi connectivity index (χ0v) is 17.5. The summed E-state index contributed by atoms with van der Waals surface area (Å²) in [7, 11) is 2.28. The fourth-order valence-electron chi connectivity index (χ4n) is 4.00. The van der Waals surface area contributed by atoms with Gasteiger partial charge in [-0.1, -0.05) is 60.5 Å². The van der Waals surface area contributed by atoms with Crippen molar-refractivity contribution in [3.05, 3.63) is 64.7 Å². The van der Waals surface area contributed by atoms with E-state index < -0.39 is 0 Å². The third-order valence-corrected chi connectivity index (χ3v) is 6.79. The van der Waals surface area contributed by atoms with Gasteiger partial charge in [-0.15, -0.1) is 12.4 Å². The third-order valence-electron chi connectivity index (χ3n) is 5.41. The Hall–Kier alpha value is -0.930. The van der Waals surface area contributed by atoms with E-state index in [4.69, 9.17) is 11.6 Å². The van der Waals surface area contributed by atoms with Gasteiger partial charge < -0.3 is 4.90 Å². The smallest absolute Gasteiger partial charge is 0.0412 e. The average Bonchev–Trinajstić information content (AvgIpc) is 3.16. The minimum atomic E-state index is 0. The second kappa shape index (κ2) is 8.84. The Labute approximate surface area is 172 Å². The quantitative estimate of drug-likeness (QED) is 0.463. The van der Waals surface area contributed by atoms with Crippen LogP contribution >= 0.6 is 35.8 Å². The molecule has 4 heteroatoms. The van der Waals surface area contributed by atoms with Crippen molar-refractivity contribution < 1.29 is 0 Å². The molecule has 138 valence electrons. The van der Waals surface area contributed by atoms with Gasteiger partial charge in [-0.25, -0.2) is 0 Å². The lowest BCUT2D eigenvalue weighted by Crippen LogP contribution is -2.29. The number of halogens is 2. The van der Waals surface area contributed by atoms with E-state index in [0.717, 1.165) is 24.0 Å². The number of fused-ring (bicyclic) bond motifs is 2.